The van der Waals surface area contributed by atoms with E-state index in [0.717, 1.165) is 31.0 Å². The summed E-state index contributed by atoms with van der Waals surface area (Å²) in [5.41, 5.74) is 6.62. The third kappa shape index (κ3) is 2.27. The van der Waals surface area contributed by atoms with Gasteiger partial charge < -0.3 is 9.47 Å². The molecule has 0 N–H and O–H groups in total. The Labute approximate surface area is 126 Å². The molecular formula is C17H21ClN2. The van der Waals surface area contributed by atoms with Crippen LogP contribution < -0.4 is 0 Å². The number of benzene rings is 1. The minimum atomic E-state index is 0.918. The smallest absolute Gasteiger partial charge is 0.0491 e. The van der Waals surface area contributed by atoms with Crippen molar-refractivity contribution in [2.24, 2.45) is 0 Å². The van der Waals surface area contributed by atoms with Gasteiger partial charge >= 0.3 is 0 Å². The van der Waals surface area contributed by atoms with Crippen LogP contribution in [0, 0.1) is 13.8 Å². The molecular weight excluding hydrogens is 268 g/mol. The van der Waals surface area contributed by atoms with Crippen molar-refractivity contribution >= 4 is 11.6 Å². The average Bonchev–Trinajstić information content (AvgIpc) is 2.63. The molecule has 0 bridgehead atoms. The minimum absolute atomic E-state index is 0.918. The van der Waals surface area contributed by atoms with Crippen LogP contribution in [0.1, 0.15) is 22.5 Å². The lowest BCUT2D eigenvalue weighted by atomic mass is 10.0. The van der Waals surface area contributed by atoms with E-state index in [-0.39, 0.29) is 0 Å². The van der Waals surface area contributed by atoms with E-state index < -0.39 is 0 Å². The summed E-state index contributed by atoms with van der Waals surface area (Å²) in [5.74, 6) is 0. The van der Waals surface area contributed by atoms with Crippen LogP contribution in [0.2, 0.25) is 5.02 Å². The molecule has 0 saturated heterocycles. The van der Waals surface area contributed by atoms with Gasteiger partial charge in [-0.05, 0) is 69.1 Å². The largest absolute Gasteiger partial charge is 0.318 e. The van der Waals surface area contributed by atoms with Gasteiger partial charge in [-0.25, -0.2) is 0 Å². The molecule has 1 aromatic heterocycles. The maximum Gasteiger partial charge on any atom is 0.0491 e. The van der Waals surface area contributed by atoms with Gasteiger partial charge in [0.1, 0.15) is 0 Å². The fourth-order valence-corrected chi connectivity index (χ4v) is 3.45. The molecule has 3 rings (SSSR count). The van der Waals surface area contributed by atoms with Gasteiger partial charge in [-0.2, -0.15) is 0 Å². The Hall–Kier alpha value is -1.25. The summed E-state index contributed by atoms with van der Waals surface area (Å²) < 4.78 is 2.35. The molecule has 3 heteroatoms. The molecule has 0 unspecified atom stereocenters. The lowest BCUT2D eigenvalue weighted by Gasteiger charge is -2.18. The molecule has 2 aromatic rings. The molecule has 106 valence electrons. The van der Waals surface area contributed by atoms with Crippen LogP contribution in [0.5, 0.6) is 0 Å². The van der Waals surface area contributed by atoms with Gasteiger partial charge in [0.25, 0.3) is 0 Å². The molecule has 20 heavy (non-hydrogen) atoms. The van der Waals surface area contributed by atoms with Crippen LogP contribution in [0.3, 0.4) is 0 Å². The van der Waals surface area contributed by atoms with Gasteiger partial charge in [0.15, 0.2) is 0 Å². The van der Waals surface area contributed by atoms with Gasteiger partial charge in [-0.3, -0.25) is 0 Å². The Morgan fingerprint density at radius 2 is 1.50 bits per heavy atom. The lowest BCUT2D eigenvalue weighted by molar-refractivity contribution is 0.352. The van der Waals surface area contributed by atoms with Crippen molar-refractivity contribution in [3.63, 3.8) is 0 Å². The highest BCUT2D eigenvalue weighted by molar-refractivity contribution is 6.31. The second-order valence-electron chi connectivity index (χ2n) is 5.78. The quantitative estimate of drug-likeness (QED) is 0.775. The molecule has 2 heterocycles. The van der Waals surface area contributed by atoms with E-state index >= 15 is 0 Å². The van der Waals surface area contributed by atoms with E-state index in [1.54, 1.807) is 0 Å². The second-order valence-corrected chi connectivity index (χ2v) is 6.19. The Morgan fingerprint density at radius 1 is 0.900 bits per heavy atom. The van der Waals surface area contributed by atoms with Crippen LogP contribution in [-0.4, -0.2) is 29.6 Å². The zero-order chi connectivity index (χ0) is 14.3. The average molecular weight is 289 g/mol. The number of aromatic nitrogens is 1. The van der Waals surface area contributed by atoms with Crippen LogP contribution in [0.4, 0.5) is 0 Å². The molecule has 0 radical (unpaired) electrons. The zero-order valence-electron chi connectivity index (χ0n) is 12.4. The van der Waals surface area contributed by atoms with Crippen LogP contribution in [0.25, 0.3) is 5.69 Å². The first-order valence-corrected chi connectivity index (χ1v) is 7.60. The summed E-state index contributed by atoms with van der Waals surface area (Å²) in [6.07, 6.45) is 2.11. The Morgan fingerprint density at radius 3 is 2.15 bits per heavy atom. The fourth-order valence-electron chi connectivity index (χ4n) is 3.18. The maximum absolute atomic E-state index is 6.45. The van der Waals surface area contributed by atoms with Crippen LogP contribution in [0.15, 0.2) is 24.3 Å². The van der Waals surface area contributed by atoms with Crippen molar-refractivity contribution in [2.75, 3.05) is 20.1 Å². The predicted molar refractivity (Wildman–Crippen MR) is 85.2 cm³/mol. The monoisotopic (exact) mass is 288 g/mol. The van der Waals surface area contributed by atoms with E-state index in [0.29, 0.717) is 0 Å². The lowest BCUT2D eigenvalue weighted by Crippen LogP contribution is -2.20. The summed E-state index contributed by atoms with van der Waals surface area (Å²) in [7, 11) is 2.19. The number of likely N-dealkylation sites (N-methyl/N-ethyl adjacent to an activating group) is 1. The topological polar surface area (TPSA) is 8.17 Å². The van der Waals surface area contributed by atoms with E-state index in [1.807, 2.05) is 0 Å². The Bertz CT molecular complexity index is 623. The van der Waals surface area contributed by atoms with Gasteiger partial charge in [0.05, 0.1) is 0 Å². The summed E-state index contributed by atoms with van der Waals surface area (Å²) in [5, 5.41) is 0.918. The van der Waals surface area contributed by atoms with Crippen molar-refractivity contribution in [3.8, 4) is 5.69 Å². The van der Waals surface area contributed by atoms with E-state index in [4.69, 9.17) is 11.6 Å². The van der Waals surface area contributed by atoms with Crippen molar-refractivity contribution in [1.82, 2.24) is 9.47 Å². The molecule has 0 amide bonds. The van der Waals surface area contributed by atoms with Crippen molar-refractivity contribution < 1.29 is 0 Å². The van der Waals surface area contributed by atoms with Crippen LogP contribution >= 0.6 is 11.6 Å². The predicted octanol–water partition coefficient (Wildman–Crippen LogP) is 3.78. The van der Waals surface area contributed by atoms with Crippen LogP contribution in [-0.2, 0) is 12.8 Å². The summed E-state index contributed by atoms with van der Waals surface area (Å²) >= 11 is 6.45. The van der Waals surface area contributed by atoms with E-state index in [2.05, 4.69) is 54.6 Å². The number of hydrogen-bond acceptors (Lipinski definition) is 1. The van der Waals surface area contributed by atoms with Gasteiger partial charge in [-0.15, -0.1) is 0 Å². The van der Waals surface area contributed by atoms with E-state index in [1.165, 1.54) is 28.2 Å². The first-order chi connectivity index (χ1) is 9.58. The normalized spacial score (nSPS) is 16.0. The number of hydrogen-bond donors (Lipinski definition) is 0. The second kappa shape index (κ2) is 5.27. The summed E-state index contributed by atoms with van der Waals surface area (Å²) in [4.78, 5) is 2.38. The molecule has 0 saturated carbocycles. The summed E-state index contributed by atoms with van der Waals surface area (Å²) in [6, 6.07) is 8.59. The van der Waals surface area contributed by atoms with Gasteiger partial charge in [0.2, 0.25) is 0 Å². The van der Waals surface area contributed by atoms with E-state index in [9.17, 15) is 0 Å². The highest BCUT2D eigenvalue weighted by Gasteiger charge is 2.19. The molecule has 0 spiro atoms. The third-order valence-corrected chi connectivity index (χ3v) is 4.70. The highest BCUT2D eigenvalue weighted by atomic mass is 35.5. The minimum Gasteiger partial charge on any atom is -0.318 e. The van der Waals surface area contributed by atoms with Crippen molar-refractivity contribution in [3.05, 3.63) is 51.8 Å². The van der Waals surface area contributed by atoms with Gasteiger partial charge in [0, 0.05) is 35.2 Å². The Kier molecular flexibility index (Phi) is 3.61. The standard InChI is InChI=1S/C17H21ClN2/c1-12-4-5-13(2)20(12)17-7-6-16(18)14-8-10-19(3)11-9-15(14)17/h4-7H,8-11H2,1-3H3. The highest BCUT2D eigenvalue weighted by Crippen LogP contribution is 2.30. The summed E-state index contributed by atoms with van der Waals surface area (Å²) in [6.45, 7) is 6.51. The molecule has 1 aliphatic rings. The number of fused-ring (bicyclic) bond motifs is 1. The number of nitrogens with zero attached hydrogens (tertiary/aromatic N) is 2. The first-order valence-electron chi connectivity index (χ1n) is 7.22. The number of aryl methyl sites for hydroxylation is 2. The third-order valence-electron chi connectivity index (χ3n) is 4.35. The van der Waals surface area contributed by atoms with Crippen molar-refractivity contribution in [2.45, 2.75) is 26.7 Å². The molecule has 0 fully saturated rings. The molecule has 2 nitrogen and oxygen atoms in total. The fraction of sp³-hybridized carbons (Fsp3) is 0.412. The number of rotatable bonds is 1. The van der Waals surface area contributed by atoms with Crippen molar-refractivity contribution in [1.29, 1.82) is 0 Å². The zero-order valence-corrected chi connectivity index (χ0v) is 13.2. The molecule has 0 atom stereocenters. The molecule has 1 aromatic carbocycles. The molecule has 0 aliphatic carbocycles. The first kappa shape index (κ1) is 13.7. The Balaban J connectivity index is 2.19. The van der Waals surface area contributed by atoms with Gasteiger partial charge in [-0.1, -0.05) is 11.6 Å². The molecule has 1 aliphatic heterocycles. The number of halogens is 1. The maximum atomic E-state index is 6.45. The SMILES string of the molecule is Cc1ccc(C)n1-c1ccc(Cl)c2c1CCN(C)CC2.